The Labute approximate surface area is 160 Å². The van der Waals surface area contributed by atoms with Crippen LogP contribution in [-0.4, -0.2) is 41.9 Å². The molecule has 0 spiro atoms. The van der Waals surface area contributed by atoms with Gasteiger partial charge in [-0.05, 0) is 68.7 Å². The Hall–Kier alpha value is -1.99. The lowest BCUT2D eigenvalue weighted by Crippen LogP contribution is -2.41. The van der Waals surface area contributed by atoms with Crippen molar-refractivity contribution in [1.82, 2.24) is 14.3 Å². The van der Waals surface area contributed by atoms with Crippen LogP contribution < -0.4 is 4.74 Å². The molecule has 0 atom stereocenters. The molecular weight excluding hydrogens is 362 g/mol. The molecule has 1 aromatic carbocycles. The molecule has 0 radical (unpaired) electrons. The maximum Gasteiger partial charge on any atom is 0.243 e. The minimum absolute atomic E-state index is 0.0192. The van der Waals surface area contributed by atoms with Crippen LogP contribution in [0.2, 0.25) is 0 Å². The molecule has 1 aromatic heterocycles. The smallest absolute Gasteiger partial charge is 0.243 e. The minimum atomic E-state index is -3.45. The standard InChI is InChI=1S/C20H25N3O3S/c1-15-21-11-8-20(22-15)26-18-9-12-23(13-10-18)27(24,25)19-7-6-16-4-2-3-5-17(16)14-19/h6-8,11,14,18H,2-5,9-10,12-13H2,1H3. The molecule has 0 bridgehead atoms. The zero-order valence-electron chi connectivity index (χ0n) is 15.6. The lowest BCUT2D eigenvalue weighted by Gasteiger charge is -2.31. The van der Waals surface area contributed by atoms with Crippen molar-refractivity contribution >= 4 is 10.0 Å². The third kappa shape index (κ3) is 3.99. The van der Waals surface area contributed by atoms with Crippen LogP contribution in [0.5, 0.6) is 5.88 Å². The van der Waals surface area contributed by atoms with Crippen molar-refractivity contribution in [3.05, 3.63) is 47.4 Å². The van der Waals surface area contributed by atoms with Gasteiger partial charge in [0.2, 0.25) is 15.9 Å². The number of rotatable bonds is 4. The fourth-order valence-corrected chi connectivity index (χ4v) is 5.40. The summed E-state index contributed by atoms with van der Waals surface area (Å²) in [5.74, 6) is 1.22. The third-order valence-corrected chi connectivity index (χ3v) is 7.29. The van der Waals surface area contributed by atoms with Gasteiger partial charge in [0.05, 0.1) is 4.90 Å². The normalized spacial score (nSPS) is 18.9. The molecule has 1 saturated heterocycles. The first-order chi connectivity index (χ1) is 13.0. The lowest BCUT2D eigenvalue weighted by molar-refractivity contribution is 0.129. The molecule has 1 fully saturated rings. The molecule has 1 aliphatic heterocycles. The molecular formula is C20H25N3O3S. The first kappa shape index (κ1) is 18.4. The number of aromatic nitrogens is 2. The fraction of sp³-hybridized carbons (Fsp3) is 0.500. The predicted molar refractivity (Wildman–Crippen MR) is 102 cm³/mol. The number of aryl methyl sites for hydroxylation is 3. The van der Waals surface area contributed by atoms with Crippen LogP contribution in [0, 0.1) is 6.92 Å². The van der Waals surface area contributed by atoms with Gasteiger partial charge in [-0.15, -0.1) is 0 Å². The molecule has 0 unspecified atom stereocenters. The summed E-state index contributed by atoms with van der Waals surface area (Å²) in [6.45, 7) is 2.75. The average Bonchev–Trinajstić information content (AvgIpc) is 2.68. The summed E-state index contributed by atoms with van der Waals surface area (Å²) in [6, 6.07) is 7.39. The molecule has 2 aliphatic rings. The van der Waals surface area contributed by atoms with Crippen LogP contribution in [-0.2, 0) is 22.9 Å². The summed E-state index contributed by atoms with van der Waals surface area (Å²) in [5.41, 5.74) is 2.49. The topological polar surface area (TPSA) is 72.4 Å². The number of benzene rings is 1. The highest BCUT2D eigenvalue weighted by Gasteiger charge is 2.31. The van der Waals surface area contributed by atoms with E-state index in [-0.39, 0.29) is 6.10 Å². The van der Waals surface area contributed by atoms with E-state index in [2.05, 4.69) is 9.97 Å². The van der Waals surface area contributed by atoms with E-state index < -0.39 is 10.0 Å². The monoisotopic (exact) mass is 387 g/mol. The van der Waals surface area contributed by atoms with E-state index in [1.165, 1.54) is 17.5 Å². The Morgan fingerprint density at radius 1 is 1.07 bits per heavy atom. The number of ether oxygens (including phenoxy) is 1. The van der Waals surface area contributed by atoms with Gasteiger partial charge in [-0.2, -0.15) is 9.29 Å². The van der Waals surface area contributed by atoms with Crippen molar-refractivity contribution < 1.29 is 13.2 Å². The molecule has 4 rings (SSSR count). The second-order valence-corrected chi connectivity index (χ2v) is 9.24. The molecule has 27 heavy (non-hydrogen) atoms. The Balaban J connectivity index is 1.42. The summed E-state index contributed by atoms with van der Waals surface area (Å²) in [5, 5.41) is 0. The zero-order chi connectivity index (χ0) is 18.9. The first-order valence-electron chi connectivity index (χ1n) is 9.60. The van der Waals surface area contributed by atoms with E-state index in [1.54, 1.807) is 22.6 Å². The Kier molecular flexibility index (Phi) is 5.14. The zero-order valence-corrected chi connectivity index (χ0v) is 16.4. The Morgan fingerprint density at radius 2 is 1.81 bits per heavy atom. The van der Waals surface area contributed by atoms with Crippen LogP contribution in [0.3, 0.4) is 0 Å². The van der Waals surface area contributed by atoms with Gasteiger partial charge in [0.1, 0.15) is 11.9 Å². The molecule has 0 saturated carbocycles. The van der Waals surface area contributed by atoms with Gasteiger partial charge in [-0.25, -0.2) is 13.4 Å². The van der Waals surface area contributed by atoms with Crippen molar-refractivity contribution in [1.29, 1.82) is 0 Å². The number of fused-ring (bicyclic) bond motifs is 1. The molecule has 6 nitrogen and oxygen atoms in total. The van der Waals surface area contributed by atoms with E-state index >= 15 is 0 Å². The molecule has 0 N–H and O–H groups in total. The molecule has 2 heterocycles. The van der Waals surface area contributed by atoms with Crippen LogP contribution in [0.4, 0.5) is 0 Å². The van der Waals surface area contributed by atoms with Gasteiger partial charge >= 0.3 is 0 Å². The maximum absolute atomic E-state index is 13.0. The van der Waals surface area contributed by atoms with E-state index in [0.717, 1.165) is 19.3 Å². The van der Waals surface area contributed by atoms with Gasteiger partial charge in [0.25, 0.3) is 0 Å². The van der Waals surface area contributed by atoms with Gasteiger partial charge < -0.3 is 4.74 Å². The van der Waals surface area contributed by atoms with Crippen LogP contribution >= 0.6 is 0 Å². The van der Waals surface area contributed by atoms with Gasteiger partial charge in [-0.1, -0.05) is 6.07 Å². The molecule has 2 aromatic rings. The highest BCUT2D eigenvalue weighted by molar-refractivity contribution is 7.89. The highest BCUT2D eigenvalue weighted by Crippen LogP contribution is 2.27. The Morgan fingerprint density at radius 3 is 2.56 bits per heavy atom. The number of piperidine rings is 1. The third-order valence-electron chi connectivity index (χ3n) is 5.40. The average molecular weight is 388 g/mol. The lowest BCUT2D eigenvalue weighted by atomic mass is 9.92. The summed E-state index contributed by atoms with van der Waals surface area (Å²) in [4.78, 5) is 8.75. The quantitative estimate of drug-likeness (QED) is 0.807. The molecule has 7 heteroatoms. The van der Waals surface area contributed by atoms with Gasteiger partial charge in [0, 0.05) is 25.4 Å². The van der Waals surface area contributed by atoms with E-state index in [9.17, 15) is 8.42 Å². The molecule has 0 amide bonds. The number of nitrogens with zero attached hydrogens (tertiary/aromatic N) is 3. The van der Waals surface area contributed by atoms with Crippen LogP contribution in [0.1, 0.15) is 42.6 Å². The van der Waals surface area contributed by atoms with Gasteiger partial charge in [0.15, 0.2) is 0 Å². The Bertz CT molecular complexity index is 922. The second kappa shape index (κ2) is 7.56. The van der Waals surface area contributed by atoms with E-state index in [1.807, 2.05) is 19.1 Å². The minimum Gasteiger partial charge on any atom is -0.474 e. The highest BCUT2D eigenvalue weighted by atomic mass is 32.2. The largest absolute Gasteiger partial charge is 0.474 e. The van der Waals surface area contributed by atoms with E-state index in [4.69, 9.17) is 4.74 Å². The number of hydrogen-bond acceptors (Lipinski definition) is 5. The first-order valence-corrected chi connectivity index (χ1v) is 11.0. The summed E-state index contributed by atoms with van der Waals surface area (Å²) >= 11 is 0. The SMILES string of the molecule is Cc1nccc(OC2CCN(S(=O)(=O)c3ccc4c(c3)CCCC4)CC2)n1. The van der Waals surface area contributed by atoms with Crippen molar-refractivity contribution in [2.45, 2.75) is 56.4 Å². The van der Waals surface area contributed by atoms with Crippen LogP contribution in [0.25, 0.3) is 0 Å². The predicted octanol–water partition coefficient (Wildman–Crippen LogP) is 2.90. The maximum atomic E-state index is 13.0. The van der Waals surface area contributed by atoms with Crippen molar-refractivity contribution in [2.75, 3.05) is 13.1 Å². The summed E-state index contributed by atoms with van der Waals surface area (Å²) in [6.07, 6.45) is 7.34. The van der Waals surface area contributed by atoms with Crippen LogP contribution in [0.15, 0.2) is 35.4 Å². The summed E-state index contributed by atoms with van der Waals surface area (Å²) < 4.78 is 33.6. The van der Waals surface area contributed by atoms with Crippen molar-refractivity contribution in [3.63, 3.8) is 0 Å². The number of hydrogen-bond donors (Lipinski definition) is 0. The summed E-state index contributed by atoms with van der Waals surface area (Å²) in [7, 11) is -3.45. The molecule has 144 valence electrons. The fourth-order valence-electron chi connectivity index (χ4n) is 3.88. The van der Waals surface area contributed by atoms with E-state index in [0.29, 0.717) is 42.5 Å². The van der Waals surface area contributed by atoms with Crippen molar-refractivity contribution in [3.8, 4) is 5.88 Å². The second-order valence-electron chi connectivity index (χ2n) is 7.30. The molecule has 1 aliphatic carbocycles. The van der Waals surface area contributed by atoms with Crippen molar-refractivity contribution in [2.24, 2.45) is 0 Å². The number of sulfonamides is 1. The van der Waals surface area contributed by atoms with Gasteiger partial charge in [-0.3, -0.25) is 0 Å².